The van der Waals surface area contributed by atoms with E-state index in [2.05, 4.69) is 12.2 Å². The van der Waals surface area contributed by atoms with Gasteiger partial charge >= 0.3 is 0 Å². The molecular weight excluding hydrogens is 268 g/mol. The Kier molecular flexibility index (Phi) is 7.61. The Balaban J connectivity index is 2.86. The Hall–Kier alpha value is -1.75. The van der Waals surface area contributed by atoms with Crippen LogP contribution in [0.1, 0.15) is 44.0 Å². The van der Waals surface area contributed by atoms with Crippen LogP contribution in [0.15, 0.2) is 18.2 Å². The average molecular weight is 294 g/mol. The SMILES string of the molecule is CCCC(CN)NC(=O)c1ccc(OCC)c(OCC)c1. The number of carbonyl (C=O) groups is 1. The van der Waals surface area contributed by atoms with Gasteiger partial charge in [0.25, 0.3) is 5.91 Å². The second-order valence-corrected chi connectivity index (χ2v) is 4.72. The third-order valence-electron chi connectivity index (χ3n) is 3.06. The van der Waals surface area contributed by atoms with Gasteiger partial charge in [0.05, 0.1) is 13.2 Å². The highest BCUT2D eigenvalue weighted by Gasteiger charge is 2.14. The molecule has 5 nitrogen and oxygen atoms in total. The smallest absolute Gasteiger partial charge is 0.251 e. The number of carbonyl (C=O) groups excluding carboxylic acids is 1. The zero-order chi connectivity index (χ0) is 15.7. The monoisotopic (exact) mass is 294 g/mol. The lowest BCUT2D eigenvalue weighted by molar-refractivity contribution is 0.0935. The molecule has 1 aromatic rings. The van der Waals surface area contributed by atoms with Crippen LogP contribution in [0.3, 0.4) is 0 Å². The van der Waals surface area contributed by atoms with Crippen molar-refractivity contribution in [2.24, 2.45) is 5.73 Å². The summed E-state index contributed by atoms with van der Waals surface area (Å²) in [5.41, 5.74) is 6.22. The van der Waals surface area contributed by atoms with E-state index in [4.69, 9.17) is 15.2 Å². The van der Waals surface area contributed by atoms with Crippen LogP contribution in [0.4, 0.5) is 0 Å². The van der Waals surface area contributed by atoms with Crippen molar-refractivity contribution in [1.29, 1.82) is 0 Å². The van der Waals surface area contributed by atoms with Gasteiger partial charge in [0.1, 0.15) is 0 Å². The fraction of sp³-hybridized carbons (Fsp3) is 0.562. The van der Waals surface area contributed by atoms with Crippen LogP contribution < -0.4 is 20.5 Å². The molecule has 0 bridgehead atoms. The number of nitrogens with one attached hydrogen (secondary N) is 1. The maximum atomic E-state index is 12.3. The Morgan fingerprint density at radius 1 is 1.19 bits per heavy atom. The van der Waals surface area contributed by atoms with Crippen molar-refractivity contribution in [3.63, 3.8) is 0 Å². The zero-order valence-corrected chi connectivity index (χ0v) is 13.1. The van der Waals surface area contributed by atoms with E-state index in [-0.39, 0.29) is 11.9 Å². The van der Waals surface area contributed by atoms with Crippen molar-refractivity contribution in [2.45, 2.75) is 39.7 Å². The Bertz CT molecular complexity index is 449. The molecule has 0 saturated heterocycles. The molecule has 0 radical (unpaired) electrons. The topological polar surface area (TPSA) is 73.6 Å². The lowest BCUT2D eigenvalue weighted by Crippen LogP contribution is -2.40. The number of benzene rings is 1. The Labute approximate surface area is 126 Å². The normalized spacial score (nSPS) is 11.8. The maximum Gasteiger partial charge on any atom is 0.251 e. The molecule has 0 aromatic heterocycles. The summed E-state index contributed by atoms with van der Waals surface area (Å²) in [6.07, 6.45) is 1.85. The van der Waals surface area contributed by atoms with Crippen molar-refractivity contribution in [1.82, 2.24) is 5.32 Å². The molecule has 1 unspecified atom stereocenters. The molecule has 0 aliphatic carbocycles. The summed E-state index contributed by atoms with van der Waals surface area (Å²) in [5.74, 6) is 1.11. The third-order valence-corrected chi connectivity index (χ3v) is 3.06. The van der Waals surface area contributed by atoms with Gasteiger partial charge in [-0.25, -0.2) is 0 Å². The molecule has 118 valence electrons. The first-order valence-corrected chi connectivity index (χ1v) is 7.56. The second-order valence-electron chi connectivity index (χ2n) is 4.72. The van der Waals surface area contributed by atoms with Gasteiger partial charge in [0.2, 0.25) is 0 Å². The largest absolute Gasteiger partial charge is 0.490 e. The predicted molar refractivity (Wildman–Crippen MR) is 84.0 cm³/mol. The summed E-state index contributed by atoms with van der Waals surface area (Å²) in [7, 11) is 0. The minimum atomic E-state index is -0.136. The van der Waals surface area contributed by atoms with E-state index in [0.29, 0.717) is 36.8 Å². The molecule has 0 heterocycles. The lowest BCUT2D eigenvalue weighted by Gasteiger charge is -2.17. The first-order valence-electron chi connectivity index (χ1n) is 7.56. The van der Waals surface area contributed by atoms with Gasteiger partial charge in [0.15, 0.2) is 11.5 Å². The van der Waals surface area contributed by atoms with E-state index in [9.17, 15) is 4.79 Å². The first kappa shape index (κ1) is 17.3. The highest BCUT2D eigenvalue weighted by Crippen LogP contribution is 2.28. The molecule has 21 heavy (non-hydrogen) atoms. The molecule has 0 saturated carbocycles. The summed E-state index contributed by atoms with van der Waals surface area (Å²) in [5, 5.41) is 2.94. The number of amides is 1. The Morgan fingerprint density at radius 3 is 2.43 bits per heavy atom. The minimum absolute atomic E-state index is 0.00427. The predicted octanol–water partition coefficient (Wildman–Crippen LogP) is 2.34. The van der Waals surface area contributed by atoms with Gasteiger partial charge in [-0.05, 0) is 38.5 Å². The van der Waals surface area contributed by atoms with Crippen molar-refractivity contribution in [2.75, 3.05) is 19.8 Å². The summed E-state index contributed by atoms with van der Waals surface area (Å²) >= 11 is 0. The molecule has 0 fully saturated rings. The third kappa shape index (κ3) is 5.27. The fourth-order valence-corrected chi connectivity index (χ4v) is 2.06. The van der Waals surface area contributed by atoms with Gasteiger partial charge in [-0.15, -0.1) is 0 Å². The van der Waals surface area contributed by atoms with Crippen LogP contribution in [-0.2, 0) is 0 Å². The van der Waals surface area contributed by atoms with E-state index in [1.54, 1.807) is 18.2 Å². The van der Waals surface area contributed by atoms with Gasteiger partial charge in [-0.3, -0.25) is 4.79 Å². The number of rotatable bonds is 9. The van der Waals surface area contributed by atoms with Crippen LogP contribution in [-0.4, -0.2) is 31.7 Å². The fourth-order valence-electron chi connectivity index (χ4n) is 2.06. The van der Waals surface area contributed by atoms with Crippen LogP contribution in [0, 0.1) is 0 Å². The summed E-state index contributed by atoms with van der Waals surface area (Å²) in [6, 6.07) is 5.22. The van der Waals surface area contributed by atoms with Crippen molar-refractivity contribution < 1.29 is 14.3 Å². The highest BCUT2D eigenvalue weighted by molar-refractivity contribution is 5.95. The summed E-state index contributed by atoms with van der Waals surface area (Å²) < 4.78 is 11.0. The van der Waals surface area contributed by atoms with E-state index in [0.717, 1.165) is 12.8 Å². The van der Waals surface area contributed by atoms with Crippen LogP contribution in [0.25, 0.3) is 0 Å². The minimum Gasteiger partial charge on any atom is -0.490 e. The van der Waals surface area contributed by atoms with Gasteiger partial charge in [-0.2, -0.15) is 0 Å². The molecule has 1 atom stereocenters. The molecule has 0 aliphatic rings. The molecular formula is C16H26N2O3. The van der Waals surface area contributed by atoms with Gasteiger partial charge in [0, 0.05) is 18.2 Å². The summed E-state index contributed by atoms with van der Waals surface area (Å²) in [4.78, 5) is 12.3. The second kappa shape index (κ2) is 9.23. The number of nitrogens with two attached hydrogens (primary N) is 1. The van der Waals surface area contributed by atoms with Crippen molar-refractivity contribution in [3.05, 3.63) is 23.8 Å². The number of hydrogen-bond acceptors (Lipinski definition) is 4. The standard InChI is InChI=1S/C16H26N2O3/c1-4-7-13(11-17)18-16(19)12-8-9-14(20-5-2)15(10-12)21-6-3/h8-10,13H,4-7,11,17H2,1-3H3,(H,18,19). The van der Waals surface area contributed by atoms with Crippen LogP contribution >= 0.6 is 0 Å². The molecule has 5 heteroatoms. The highest BCUT2D eigenvalue weighted by atomic mass is 16.5. The van der Waals surface area contributed by atoms with Crippen molar-refractivity contribution in [3.8, 4) is 11.5 Å². The number of ether oxygens (including phenoxy) is 2. The quantitative estimate of drug-likeness (QED) is 0.733. The zero-order valence-electron chi connectivity index (χ0n) is 13.1. The van der Waals surface area contributed by atoms with E-state index < -0.39 is 0 Å². The molecule has 1 rings (SSSR count). The van der Waals surface area contributed by atoms with E-state index >= 15 is 0 Å². The molecule has 3 N–H and O–H groups in total. The Morgan fingerprint density at radius 2 is 1.86 bits per heavy atom. The molecule has 0 aliphatic heterocycles. The van der Waals surface area contributed by atoms with Crippen molar-refractivity contribution >= 4 is 5.91 Å². The van der Waals surface area contributed by atoms with Gasteiger partial charge < -0.3 is 20.5 Å². The van der Waals surface area contributed by atoms with E-state index in [1.807, 2.05) is 13.8 Å². The first-order chi connectivity index (χ1) is 10.2. The van der Waals surface area contributed by atoms with Crippen LogP contribution in [0.5, 0.6) is 11.5 Å². The lowest BCUT2D eigenvalue weighted by atomic mass is 10.1. The van der Waals surface area contributed by atoms with Gasteiger partial charge in [-0.1, -0.05) is 13.3 Å². The summed E-state index contributed by atoms with van der Waals surface area (Å²) in [6.45, 7) is 7.39. The number of hydrogen-bond donors (Lipinski definition) is 2. The molecule has 1 amide bonds. The molecule has 1 aromatic carbocycles. The van der Waals surface area contributed by atoms with Crippen LogP contribution in [0.2, 0.25) is 0 Å². The van der Waals surface area contributed by atoms with E-state index in [1.165, 1.54) is 0 Å². The maximum absolute atomic E-state index is 12.3. The average Bonchev–Trinajstić information content (AvgIpc) is 2.48. The molecule has 0 spiro atoms.